The van der Waals surface area contributed by atoms with Crippen molar-refractivity contribution in [3.05, 3.63) is 47.5 Å². The van der Waals surface area contributed by atoms with Crippen LogP contribution in [0, 0.1) is 12.8 Å². The SMILES string of the molecule is Cc1cccc(C(=O)N2CCC[C@@H](Cc3ccn[nH]3)C2)n1. The van der Waals surface area contributed by atoms with Gasteiger partial charge in [-0.25, -0.2) is 4.98 Å². The first-order valence-electron chi connectivity index (χ1n) is 7.43. The fraction of sp³-hybridized carbons (Fsp3) is 0.438. The lowest BCUT2D eigenvalue weighted by Gasteiger charge is -2.32. The summed E-state index contributed by atoms with van der Waals surface area (Å²) in [5, 5.41) is 6.99. The normalized spacial score (nSPS) is 18.7. The van der Waals surface area contributed by atoms with Crippen LogP contribution in [0.4, 0.5) is 0 Å². The van der Waals surface area contributed by atoms with E-state index in [1.165, 1.54) is 0 Å². The molecule has 21 heavy (non-hydrogen) atoms. The lowest BCUT2D eigenvalue weighted by Crippen LogP contribution is -2.40. The van der Waals surface area contributed by atoms with Crippen LogP contribution >= 0.6 is 0 Å². The average Bonchev–Trinajstić information content (AvgIpc) is 3.00. The molecule has 0 saturated carbocycles. The summed E-state index contributed by atoms with van der Waals surface area (Å²) in [6.07, 6.45) is 4.93. The van der Waals surface area contributed by atoms with Gasteiger partial charge < -0.3 is 4.90 Å². The maximum atomic E-state index is 12.5. The molecule has 1 aliphatic rings. The smallest absolute Gasteiger partial charge is 0.272 e. The topological polar surface area (TPSA) is 61.9 Å². The summed E-state index contributed by atoms with van der Waals surface area (Å²) < 4.78 is 0. The van der Waals surface area contributed by atoms with Crippen LogP contribution in [-0.2, 0) is 6.42 Å². The monoisotopic (exact) mass is 284 g/mol. The maximum absolute atomic E-state index is 12.5. The van der Waals surface area contributed by atoms with Crippen LogP contribution < -0.4 is 0 Å². The molecule has 1 aliphatic heterocycles. The number of aromatic amines is 1. The van der Waals surface area contributed by atoms with Gasteiger partial charge in [0, 0.05) is 30.7 Å². The molecule has 0 spiro atoms. The van der Waals surface area contributed by atoms with Gasteiger partial charge >= 0.3 is 0 Å². The highest BCUT2D eigenvalue weighted by Gasteiger charge is 2.25. The molecule has 5 heteroatoms. The third-order valence-corrected chi connectivity index (χ3v) is 3.98. The Morgan fingerprint density at radius 2 is 2.33 bits per heavy atom. The fourth-order valence-electron chi connectivity index (χ4n) is 2.95. The minimum Gasteiger partial charge on any atom is -0.337 e. The minimum atomic E-state index is 0.0491. The number of amides is 1. The molecule has 0 unspecified atom stereocenters. The van der Waals surface area contributed by atoms with Crippen LogP contribution in [0.3, 0.4) is 0 Å². The highest BCUT2D eigenvalue weighted by molar-refractivity contribution is 5.92. The molecule has 1 amide bonds. The third kappa shape index (κ3) is 3.29. The van der Waals surface area contributed by atoms with Gasteiger partial charge in [0.15, 0.2) is 0 Å². The van der Waals surface area contributed by atoms with Crippen LogP contribution in [0.15, 0.2) is 30.5 Å². The van der Waals surface area contributed by atoms with Crippen molar-refractivity contribution in [1.29, 1.82) is 0 Å². The summed E-state index contributed by atoms with van der Waals surface area (Å²) >= 11 is 0. The van der Waals surface area contributed by atoms with Crippen molar-refractivity contribution in [1.82, 2.24) is 20.1 Å². The molecule has 3 heterocycles. The van der Waals surface area contributed by atoms with Gasteiger partial charge in [0.1, 0.15) is 5.69 Å². The Bertz CT molecular complexity index is 608. The van der Waals surface area contributed by atoms with Crippen molar-refractivity contribution in [2.75, 3.05) is 13.1 Å². The molecular weight excluding hydrogens is 264 g/mol. The molecule has 0 aliphatic carbocycles. The predicted octanol–water partition coefficient (Wildman–Crippen LogP) is 2.21. The quantitative estimate of drug-likeness (QED) is 0.940. The highest BCUT2D eigenvalue weighted by atomic mass is 16.2. The lowest BCUT2D eigenvalue weighted by atomic mass is 9.93. The molecule has 1 N–H and O–H groups in total. The molecule has 0 bridgehead atoms. The Labute approximate surface area is 124 Å². The first kappa shape index (κ1) is 13.8. The number of nitrogens with one attached hydrogen (secondary N) is 1. The van der Waals surface area contributed by atoms with Crippen molar-refractivity contribution < 1.29 is 4.79 Å². The van der Waals surface area contributed by atoms with E-state index in [1.807, 2.05) is 30.0 Å². The summed E-state index contributed by atoms with van der Waals surface area (Å²) in [5.74, 6) is 0.543. The molecule has 3 rings (SSSR count). The number of hydrogen-bond acceptors (Lipinski definition) is 3. The van der Waals surface area contributed by atoms with Crippen LogP contribution in [0.25, 0.3) is 0 Å². The summed E-state index contributed by atoms with van der Waals surface area (Å²) in [5.41, 5.74) is 2.58. The van der Waals surface area contributed by atoms with E-state index in [0.717, 1.165) is 43.7 Å². The van der Waals surface area contributed by atoms with Crippen LogP contribution in [0.2, 0.25) is 0 Å². The number of pyridine rings is 1. The van der Waals surface area contributed by atoms with Crippen molar-refractivity contribution in [3.8, 4) is 0 Å². The van der Waals surface area contributed by atoms with Gasteiger partial charge in [0.2, 0.25) is 0 Å². The summed E-state index contributed by atoms with van der Waals surface area (Å²) in [6, 6.07) is 7.60. The maximum Gasteiger partial charge on any atom is 0.272 e. The number of rotatable bonds is 3. The summed E-state index contributed by atoms with van der Waals surface area (Å²) in [7, 11) is 0. The standard InChI is InChI=1S/C16H20N4O/c1-12-4-2-6-15(18-12)16(21)20-9-3-5-13(11-20)10-14-7-8-17-19-14/h2,4,6-8,13H,3,5,9-11H2,1H3,(H,17,19)/t13-/m0/s1. The average molecular weight is 284 g/mol. The summed E-state index contributed by atoms with van der Waals surface area (Å²) in [4.78, 5) is 18.8. The number of carbonyl (C=O) groups is 1. The van der Waals surface area contributed by atoms with Gasteiger partial charge in [0.25, 0.3) is 5.91 Å². The largest absolute Gasteiger partial charge is 0.337 e. The van der Waals surface area contributed by atoms with Crippen molar-refractivity contribution >= 4 is 5.91 Å². The number of aromatic nitrogens is 3. The van der Waals surface area contributed by atoms with Gasteiger partial charge in [-0.15, -0.1) is 0 Å². The van der Waals surface area contributed by atoms with Gasteiger partial charge in [-0.2, -0.15) is 5.10 Å². The predicted molar refractivity (Wildman–Crippen MR) is 79.9 cm³/mol. The Morgan fingerprint density at radius 3 is 3.10 bits per heavy atom. The van der Waals surface area contributed by atoms with E-state index in [2.05, 4.69) is 15.2 Å². The van der Waals surface area contributed by atoms with Crippen molar-refractivity contribution in [2.45, 2.75) is 26.2 Å². The first-order valence-corrected chi connectivity index (χ1v) is 7.43. The zero-order valence-corrected chi connectivity index (χ0v) is 12.2. The number of hydrogen-bond donors (Lipinski definition) is 1. The molecule has 0 aromatic carbocycles. The van der Waals surface area contributed by atoms with E-state index in [0.29, 0.717) is 11.6 Å². The third-order valence-electron chi connectivity index (χ3n) is 3.98. The van der Waals surface area contributed by atoms with Gasteiger partial charge in [-0.3, -0.25) is 9.89 Å². The van der Waals surface area contributed by atoms with Gasteiger partial charge in [0.05, 0.1) is 0 Å². The Kier molecular flexibility index (Phi) is 3.99. The Balaban J connectivity index is 1.66. The van der Waals surface area contributed by atoms with E-state index in [-0.39, 0.29) is 5.91 Å². The number of likely N-dealkylation sites (tertiary alicyclic amines) is 1. The number of carbonyl (C=O) groups excluding carboxylic acids is 1. The molecule has 1 saturated heterocycles. The van der Waals surface area contributed by atoms with Gasteiger partial charge in [-0.1, -0.05) is 6.07 Å². The van der Waals surface area contributed by atoms with E-state index in [1.54, 1.807) is 12.3 Å². The molecule has 1 atom stereocenters. The number of nitrogens with zero attached hydrogens (tertiary/aromatic N) is 3. The fourth-order valence-corrected chi connectivity index (χ4v) is 2.95. The zero-order valence-electron chi connectivity index (χ0n) is 12.2. The molecule has 2 aromatic heterocycles. The Hall–Kier alpha value is -2.17. The second-order valence-corrected chi connectivity index (χ2v) is 5.71. The second kappa shape index (κ2) is 6.08. The molecule has 1 fully saturated rings. The lowest BCUT2D eigenvalue weighted by molar-refractivity contribution is 0.0666. The first-order chi connectivity index (χ1) is 10.2. The van der Waals surface area contributed by atoms with E-state index in [4.69, 9.17) is 0 Å². The second-order valence-electron chi connectivity index (χ2n) is 5.71. The van der Waals surface area contributed by atoms with Gasteiger partial charge in [-0.05, 0) is 50.3 Å². The highest BCUT2D eigenvalue weighted by Crippen LogP contribution is 2.21. The van der Waals surface area contributed by atoms with Crippen molar-refractivity contribution in [2.24, 2.45) is 5.92 Å². The van der Waals surface area contributed by atoms with E-state index >= 15 is 0 Å². The molecule has 110 valence electrons. The Morgan fingerprint density at radius 1 is 1.43 bits per heavy atom. The van der Waals surface area contributed by atoms with E-state index < -0.39 is 0 Å². The molecule has 2 aromatic rings. The molecule has 5 nitrogen and oxygen atoms in total. The van der Waals surface area contributed by atoms with Crippen LogP contribution in [-0.4, -0.2) is 39.1 Å². The number of H-pyrrole nitrogens is 1. The zero-order chi connectivity index (χ0) is 14.7. The number of piperidine rings is 1. The van der Waals surface area contributed by atoms with Crippen LogP contribution in [0.5, 0.6) is 0 Å². The number of aryl methyl sites for hydroxylation is 1. The van der Waals surface area contributed by atoms with Crippen LogP contribution in [0.1, 0.15) is 34.7 Å². The minimum absolute atomic E-state index is 0.0491. The molecular formula is C16H20N4O. The summed E-state index contributed by atoms with van der Waals surface area (Å²) in [6.45, 7) is 3.54. The van der Waals surface area contributed by atoms with Crippen molar-refractivity contribution in [3.63, 3.8) is 0 Å². The van der Waals surface area contributed by atoms with E-state index in [9.17, 15) is 4.79 Å². The molecule has 0 radical (unpaired) electrons.